The maximum Gasteiger partial charge on any atom is 0.250 e. The first-order valence-corrected chi connectivity index (χ1v) is 10.9. The number of para-hydroxylation sites is 1. The maximum absolute atomic E-state index is 14.2. The third kappa shape index (κ3) is 4.79. The Hall–Kier alpha value is -3.95. The molecule has 1 aromatic heterocycles. The second-order valence-corrected chi connectivity index (χ2v) is 7.91. The van der Waals surface area contributed by atoms with Crippen molar-refractivity contribution in [1.82, 2.24) is 15.0 Å². The molecule has 10 heteroatoms. The van der Waals surface area contributed by atoms with Crippen molar-refractivity contribution in [1.29, 1.82) is 0 Å². The van der Waals surface area contributed by atoms with E-state index in [9.17, 15) is 4.39 Å². The van der Waals surface area contributed by atoms with Crippen LogP contribution >= 0.6 is 0 Å². The molecule has 0 bridgehead atoms. The Balaban J connectivity index is 1.40. The molecule has 5 rings (SSSR count). The van der Waals surface area contributed by atoms with Crippen LogP contribution in [0.5, 0.6) is 11.5 Å². The maximum atomic E-state index is 14.2. The minimum absolute atomic E-state index is 0.217. The molecule has 0 radical (unpaired) electrons. The number of hydrogen-bond acceptors (Lipinski definition) is 9. The monoisotopic (exact) mass is 449 g/mol. The fourth-order valence-electron chi connectivity index (χ4n) is 3.84. The summed E-state index contributed by atoms with van der Waals surface area (Å²) in [5.74, 6) is 2.02. The van der Waals surface area contributed by atoms with Crippen LogP contribution in [0.2, 0.25) is 0 Å². The van der Waals surface area contributed by atoms with Gasteiger partial charge in [0, 0.05) is 12.6 Å². The van der Waals surface area contributed by atoms with Crippen LogP contribution in [0.25, 0.3) is 0 Å². The number of fused-ring (bicyclic) bond motifs is 1. The fourth-order valence-corrected chi connectivity index (χ4v) is 3.84. The number of hydrogen-bond donors (Lipinski definition) is 2. The van der Waals surface area contributed by atoms with Crippen molar-refractivity contribution in [2.75, 3.05) is 29.0 Å². The van der Waals surface area contributed by atoms with E-state index in [1.54, 1.807) is 24.4 Å². The van der Waals surface area contributed by atoms with E-state index < -0.39 is 0 Å². The molecule has 2 aliphatic rings. The molecule has 1 fully saturated rings. The summed E-state index contributed by atoms with van der Waals surface area (Å²) in [5, 5.41) is 7.22. The van der Waals surface area contributed by atoms with Gasteiger partial charge in [0.1, 0.15) is 5.82 Å². The summed E-state index contributed by atoms with van der Waals surface area (Å²) < 4.78 is 24.9. The molecule has 1 atom stereocenters. The summed E-state index contributed by atoms with van der Waals surface area (Å²) >= 11 is 0. The molecule has 2 aromatic carbocycles. The SMILES string of the molecule is C[C@H]1CCCCN1c1nc(N/N=C\c2ccc3c(c2)OCO3)nc(Nc2ccccc2F)n1. The summed E-state index contributed by atoms with van der Waals surface area (Å²) in [6.45, 7) is 3.22. The van der Waals surface area contributed by atoms with E-state index in [0.717, 1.165) is 24.9 Å². The van der Waals surface area contributed by atoms with Crippen molar-refractivity contribution in [3.8, 4) is 11.5 Å². The lowest BCUT2D eigenvalue weighted by Gasteiger charge is -2.33. The molecule has 170 valence electrons. The van der Waals surface area contributed by atoms with E-state index in [1.165, 1.54) is 12.5 Å². The number of aromatic nitrogens is 3. The van der Waals surface area contributed by atoms with Crippen LogP contribution < -0.4 is 25.1 Å². The molecule has 2 N–H and O–H groups in total. The van der Waals surface area contributed by atoms with Crippen LogP contribution in [-0.4, -0.2) is 40.5 Å². The first-order chi connectivity index (χ1) is 16.2. The van der Waals surface area contributed by atoms with Gasteiger partial charge in [0.15, 0.2) is 11.5 Å². The van der Waals surface area contributed by atoms with Gasteiger partial charge in [0.2, 0.25) is 24.6 Å². The van der Waals surface area contributed by atoms with Crippen molar-refractivity contribution in [3.05, 3.63) is 53.8 Å². The number of nitrogens with zero attached hydrogens (tertiary/aromatic N) is 5. The predicted molar refractivity (Wildman–Crippen MR) is 124 cm³/mol. The lowest BCUT2D eigenvalue weighted by molar-refractivity contribution is 0.174. The van der Waals surface area contributed by atoms with E-state index in [2.05, 4.69) is 42.6 Å². The summed E-state index contributed by atoms with van der Waals surface area (Å²) in [6, 6.07) is 12.2. The molecule has 0 spiro atoms. The average molecular weight is 449 g/mol. The van der Waals surface area contributed by atoms with Crippen molar-refractivity contribution in [2.24, 2.45) is 5.10 Å². The summed E-state index contributed by atoms with van der Waals surface area (Å²) in [5.41, 5.74) is 3.99. The zero-order valence-corrected chi connectivity index (χ0v) is 18.2. The van der Waals surface area contributed by atoms with Gasteiger partial charge in [-0.15, -0.1) is 0 Å². The van der Waals surface area contributed by atoms with E-state index in [0.29, 0.717) is 23.5 Å². The van der Waals surface area contributed by atoms with Crippen molar-refractivity contribution < 1.29 is 13.9 Å². The normalized spacial score (nSPS) is 17.4. The third-order valence-electron chi connectivity index (χ3n) is 5.58. The highest BCUT2D eigenvalue weighted by Crippen LogP contribution is 2.32. The van der Waals surface area contributed by atoms with Gasteiger partial charge in [0.25, 0.3) is 0 Å². The third-order valence-corrected chi connectivity index (χ3v) is 5.58. The molecule has 3 heterocycles. The van der Waals surface area contributed by atoms with Gasteiger partial charge in [0.05, 0.1) is 11.9 Å². The average Bonchev–Trinajstić information content (AvgIpc) is 3.29. The second-order valence-electron chi connectivity index (χ2n) is 7.91. The molecule has 0 aliphatic carbocycles. The number of benzene rings is 2. The van der Waals surface area contributed by atoms with Crippen LogP contribution in [0, 0.1) is 5.82 Å². The van der Waals surface area contributed by atoms with Gasteiger partial charge < -0.3 is 19.7 Å². The first-order valence-electron chi connectivity index (χ1n) is 10.9. The minimum atomic E-state index is -0.388. The molecule has 3 aromatic rings. The highest BCUT2D eigenvalue weighted by Gasteiger charge is 2.22. The highest BCUT2D eigenvalue weighted by atomic mass is 19.1. The quantitative estimate of drug-likeness (QED) is 0.425. The van der Waals surface area contributed by atoms with Crippen molar-refractivity contribution in [2.45, 2.75) is 32.2 Å². The molecular weight excluding hydrogens is 425 g/mol. The molecule has 0 saturated carbocycles. The lowest BCUT2D eigenvalue weighted by Crippen LogP contribution is -2.38. The van der Waals surface area contributed by atoms with Gasteiger partial charge >= 0.3 is 0 Å². The lowest BCUT2D eigenvalue weighted by atomic mass is 10.0. The Labute approximate surface area is 190 Å². The van der Waals surface area contributed by atoms with Crippen molar-refractivity contribution in [3.63, 3.8) is 0 Å². The summed E-state index contributed by atoms with van der Waals surface area (Å²) in [6.07, 6.45) is 4.94. The largest absolute Gasteiger partial charge is 0.454 e. The van der Waals surface area contributed by atoms with Crippen molar-refractivity contribution >= 4 is 29.7 Å². The minimum Gasteiger partial charge on any atom is -0.454 e. The first kappa shape index (κ1) is 20.9. The Morgan fingerprint density at radius 2 is 1.91 bits per heavy atom. The Kier molecular flexibility index (Phi) is 5.88. The molecular formula is C23H24FN7O2. The zero-order valence-electron chi connectivity index (χ0n) is 18.2. The molecule has 0 unspecified atom stereocenters. The van der Waals surface area contributed by atoms with E-state index in [4.69, 9.17) is 9.47 Å². The Morgan fingerprint density at radius 3 is 2.79 bits per heavy atom. The number of nitrogens with one attached hydrogen (secondary N) is 2. The van der Waals surface area contributed by atoms with E-state index in [-0.39, 0.29) is 30.2 Å². The standard InChI is InChI=1S/C23H24FN7O2/c1-15-6-4-5-11-31(15)23-28-21(26-18-8-3-2-7-17(18)24)27-22(29-23)30-25-13-16-9-10-19-20(12-16)33-14-32-19/h2-3,7-10,12-13,15H,4-6,11,14H2,1H3,(H2,26,27,28,29,30)/b25-13-/t15-/m0/s1. The summed E-state index contributed by atoms with van der Waals surface area (Å²) in [4.78, 5) is 15.6. The number of anilines is 4. The molecule has 9 nitrogen and oxygen atoms in total. The van der Waals surface area contributed by atoms with E-state index >= 15 is 0 Å². The van der Waals surface area contributed by atoms with Gasteiger partial charge in [-0.3, -0.25) is 0 Å². The molecule has 1 saturated heterocycles. The number of halogens is 1. The Bertz CT molecular complexity index is 1170. The van der Waals surface area contributed by atoms with E-state index in [1.807, 2.05) is 18.2 Å². The van der Waals surface area contributed by atoms with Gasteiger partial charge in [-0.25, -0.2) is 9.82 Å². The van der Waals surface area contributed by atoms with Gasteiger partial charge in [-0.05, 0) is 62.1 Å². The predicted octanol–water partition coefficient (Wildman–Crippen LogP) is 4.31. The summed E-state index contributed by atoms with van der Waals surface area (Å²) in [7, 11) is 0. The molecule has 2 aliphatic heterocycles. The highest BCUT2D eigenvalue weighted by molar-refractivity contribution is 5.81. The number of ether oxygens (including phenoxy) is 2. The smallest absolute Gasteiger partial charge is 0.250 e. The topological polar surface area (TPSA) is 96.8 Å². The van der Waals surface area contributed by atoms with Crippen LogP contribution in [-0.2, 0) is 0 Å². The Morgan fingerprint density at radius 1 is 1.06 bits per heavy atom. The number of hydrazone groups is 1. The fraction of sp³-hybridized carbons (Fsp3) is 0.304. The number of rotatable bonds is 6. The number of piperidine rings is 1. The zero-order chi connectivity index (χ0) is 22.6. The van der Waals surface area contributed by atoms with Crippen LogP contribution in [0.4, 0.5) is 27.9 Å². The second kappa shape index (κ2) is 9.27. The van der Waals surface area contributed by atoms with Gasteiger partial charge in [-0.2, -0.15) is 20.1 Å². The molecule has 33 heavy (non-hydrogen) atoms. The van der Waals surface area contributed by atoms with Crippen LogP contribution in [0.15, 0.2) is 47.6 Å². The van der Waals surface area contributed by atoms with Crippen LogP contribution in [0.1, 0.15) is 31.7 Å². The van der Waals surface area contributed by atoms with Crippen LogP contribution in [0.3, 0.4) is 0 Å². The molecule has 0 amide bonds. The van der Waals surface area contributed by atoms with Gasteiger partial charge in [-0.1, -0.05) is 12.1 Å².